The van der Waals surface area contributed by atoms with Gasteiger partial charge in [0.2, 0.25) is 0 Å². The number of hydrogen-bond donors (Lipinski definition) is 1. The van der Waals surface area contributed by atoms with Crippen molar-refractivity contribution in [1.29, 1.82) is 0 Å². The summed E-state index contributed by atoms with van der Waals surface area (Å²) in [5.41, 5.74) is 0. The van der Waals surface area contributed by atoms with Crippen molar-refractivity contribution >= 4 is 7.82 Å². The molecule has 0 aromatic heterocycles. The molecule has 0 amide bonds. The maximum Gasteiger partial charge on any atom is 1.00 e. The summed E-state index contributed by atoms with van der Waals surface area (Å²) >= 11 is 0. The molecule has 0 rings (SSSR count). The summed E-state index contributed by atoms with van der Waals surface area (Å²) in [6.07, 6.45) is 13.1. The Balaban J connectivity index is 0. The fourth-order valence-corrected chi connectivity index (χ4v) is 2.61. The molecule has 7 heteroatoms. The van der Waals surface area contributed by atoms with E-state index in [9.17, 15) is 9.46 Å². The third-order valence-corrected chi connectivity index (χ3v) is 4.13. The summed E-state index contributed by atoms with van der Waals surface area (Å²) in [6, 6.07) is 0. The number of phosphoric ester groups is 1. The van der Waals surface area contributed by atoms with Crippen LogP contribution in [0.5, 0.6) is 0 Å². The van der Waals surface area contributed by atoms with Crippen LogP contribution in [0.15, 0.2) is 0 Å². The van der Waals surface area contributed by atoms with Crippen molar-refractivity contribution in [2.24, 2.45) is 0 Å². The Morgan fingerprint density at radius 1 is 0.955 bits per heavy atom. The molecular weight excluding hydrogens is 312 g/mol. The predicted molar refractivity (Wildman–Crippen MR) is 85.1 cm³/mol. The molecule has 1 N–H and O–H groups in total. The van der Waals surface area contributed by atoms with Crippen molar-refractivity contribution in [1.82, 2.24) is 4.90 Å². The van der Waals surface area contributed by atoms with Crippen molar-refractivity contribution in [2.75, 3.05) is 26.7 Å². The molecule has 1 unspecified atom stereocenters. The quantitative estimate of drug-likeness (QED) is 0.263. The number of nitrogens with zero attached hydrogens (tertiary/aromatic N) is 1. The van der Waals surface area contributed by atoms with E-state index in [1.165, 1.54) is 57.8 Å². The normalized spacial score (nSPS) is 13.9. The van der Waals surface area contributed by atoms with Crippen LogP contribution in [0.4, 0.5) is 0 Å². The van der Waals surface area contributed by atoms with Gasteiger partial charge in [-0.15, -0.1) is 0 Å². The molecule has 0 spiro atoms. The average Bonchev–Trinajstić information content (AvgIpc) is 2.39. The first kappa shape index (κ1) is 25.3. The zero-order valence-electron chi connectivity index (χ0n) is 14.8. The second-order valence-corrected chi connectivity index (χ2v) is 6.98. The largest absolute Gasteiger partial charge is 1.00 e. The summed E-state index contributed by atoms with van der Waals surface area (Å²) < 4.78 is 14.7. The van der Waals surface area contributed by atoms with Crippen LogP contribution in [-0.4, -0.2) is 36.5 Å². The average molecular weight is 345 g/mol. The number of hydrogen-bond acceptors (Lipinski definition) is 4. The van der Waals surface area contributed by atoms with Crippen LogP contribution in [0.3, 0.4) is 0 Å². The Hall–Kier alpha value is 1.07. The maximum absolute atomic E-state index is 10.4. The molecule has 0 saturated carbocycles. The minimum atomic E-state index is -4.55. The minimum absolute atomic E-state index is 0. The van der Waals surface area contributed by atoms with Crippen molar-refractivity contribution in [3.05, 3.63) is 0 Å². The first-order valence-corrected chi connectivity index (χ1v) is 9.82. The van der Waals surface area contributed by atoms with Crippen LogP contribution in [-0.2, 0) is 9.09 Å². The minimum Gasteiger partial charge on any atom is -0.756 e. The Morgan fingerprint density at radius 2 is 1.41 bits per heavy atom. The first-order valence-electron chi connectivity index (χ1n) is 8.32. The van der Waals surface area contributed by atoms with Crippen LogP contribution >= 0.6 is 7.82 Å². The molecule has 128 valence electrons. The molecule has 0 fully saturated rings. The van der Waals surface area contributed by atoms with E-state index in [4.69, 9.17) is 4.89 Å². The summed E-state index contributed by atoms with van der Waals surface area (Å²) in [4.78, 5) is 20.9. The topological polar surface area (TPSA) is 72.8 Å². The first-order chi connectivity index (χ1) is 9.95. The number of likely N-dealkylation sites (N-methyl/N-ethyl adjacent to an activating group) is 1. The van der Waals surface area contributed by atoms with Crippen LogP contribution in [0.25, 0.3) is 0 Å². The van der Waals surface area contributed by atoms with E-state index in [-0.39, 0.29) is 36.2 Å². The van der Waals surface area contributed by atoms with Crippen LogP contribution in [0.2, 0.25) is 0 Å². The molecule has 0 saturated heterocycles. The molecule has 0 aliphatic rings. The Labute approximate surface area is 158 Å². The van der Waals surface area contributed by atoms with E-state index < -0.39 is 7.82 Å². The zero-order valence-corrected chi connectivity index (χ0v) is 17.7. The molecule has 0 aromatic carbocycles. The van der Waals surface area contributed by atoms with Gasteiger partial charge in [-0.25, -0.2) is 0 Å². The number of phosphoric acid groups is 1. The third-order valence-electron chi connectivity index (χ3n) is 3.62. The van der Waals surface area contributed by atoms with Gasteiger partial charge >= 0.3 is 29.6 Å². The maximum atomic E-state index is 10.4. The second kappa shape index (κ2) is 16.9. The van der Waals surface area contributed by atoms with Gasteiger partial charge in [0.05, 0.1) is 6.61 Å². The van der Waals surface area contributed by atoms with Gasteiger partial charge in [0.15, 0.2) is 0 Å². The van der Waals surface area contributed by atoms with Gasteiger partial charge in [-0.1, -0.05) is 64.7 Å². The third kappa shape index (κ3) is 21.1. The standard InChI is InChI=1S/C15H34NO4P.Na/c1-3-4-5-6-7-8-9-10-11-12-13-16(2)14-15-20-21(17,18)19;/h3-15H2,1-2H3,(H2,17,18,19);/q;+1/p-1. The fraction of sp³-hybridized carbons (Fsp3) is 1.00. The van der Waals surface area contributed by atoms with Gasteiger partial charge in [0, 0.05) is 6.54 Å². The summed E-state index contributed by atoms with van der Waals surface area (Å²) in [5, 5.41) is 0. The van der Waals surface area contributed by atoms with E-state index in [0.29, 0.717) is 6.54 Å². The fourth-order valence-electron chi connectivity index (χ4n) is 2.29. The monoisotopic (exact) mass is 345 g/mol. The van der Waals surface area contributed by atoms with Crippen molar-refractivity contribution in [3.63, 3.8) is 0 Å². The smallest absolute Gasteiger partial charge is 0.756 e. The van der Waals surface area contributed by atoms with Gasteiger partial charge in [-0.2, -0.15) is 0 Å². The van der Waals surface area contributed by atoms with Gasteiger partial charge in [-0.05, 0) is 20.0 Å². The molecule has 22 heavy (non-hydrogen) atoms. The summed E-state index contributed by atoms with van der Waals surface area (Å²) in [7, 11) is -2.62. The van der Waals surface area contributed by atoms with Gasteiger partial charge in [0.1, 0.15) is 0 Å². The van der Waals surface area contributed by atoms with E-state index in [1.807, 2.05) is 11.9 Å². The van der Waals surface area contributed by atoms with Gasteiger partial charge < -0.3 is 19.2 Å². The molecule has 0 radical (unpaired) electrons. The molecular formula is C15H33NNaO4P. The second-order valence-electron chi connectivity index (χ2n) is 5.79. The summed E-state index contributed by atoms with van der Waals surface area (Å²) in [6.45, 7) is 3.72. The number of unbranched alkanes of at least 4 members (excludes halogenated alkanes) is 9. The van der Waals surface area contributed by atoms with E-state index >= 15 is 0 Å². The van der Waals surface area contributed by atoms with Gasteiger partial charge in [-0.3, -0.25) is 4.57 Å². The molecule has 0 aromatic rings. The van der Waals surface area contributed by atoms with E-state index in [1.54, 1.807) is 0 Å². The molecule has 0 bridgehead atoms. The molecule has 5 nitrogen and oxygen atoms in total. The summed E-state index contributed by atoms with van der Waals surface area (Å²) in [5.74, 6) is 0. The van der Waals surface area contributed by atoms with Crippen LogP contribution in [0.1, 0.15) is 71.1 Å². The van der Waals surface area contributed by atoms with Crippen LogP contribution in [0, 0.1) is 0 Å². The Kier molecular flexibility index (Phi) is 19.5. The van der Waals surface area contributed by atoms with Crippen molar-refractivity contribution in [2.45, 2.75) is 71.1 Å². The molecule has 1 atom stereocenters. The predicted octanol–water partition coefficient (Wildman–Crippen LogP) is 0.320. The Morgan fingerprint density at radius 3 is 1.86 bits per heavy atom. The SMILES string of the molecule is CCCCCCCCCCCCN(C)CCOP(=O)([O-])O.[Na+]. The van der Waals surface area contributed by atoms with Crippen molar-refractivity contribution < 1.29 is 48.4 Å². The van der Waals surface area contributed by atoms with Gasteiger partial charge in [0.25, 0.3) is 7.82 Å². The number of rotatable bonds is 15. The zero-order chi connectivity index (χ0) is 16.0. The van der Waals surface area contributed by atoms with E-state index in [2.05, 4.69) is 11.4 Å². The van der Waals surface area contributed by atoms with Crippen molar-refractivity contribution in [3.8, 4) is 0 Å². The van der Waals surface area contributed by atoms with Crippen LogP contribution < -0.4 is 34.5 Å². The molecule has 0 heterocycles. The molecule has 0 aliphatic carbocycles. The Bertz CT molecular complexity index is 276. The molecule has 0 aliphatic heterocycles. The van der Waals surface area contributed by atoms with E-state index in [0.717, 1.165) is 13.0 Å².